The molecule has 2 aromatic rings. The molecular formula is C15H17NO2. The number of para-hydroxylation sites is 1. The van der Waals surface area contributed by atoms with Crippen LogP contribution in [0.25, 0.3) is 10.9 Å². The van der Waals surface area contributed by atoms with E-state index in [2.05, 4.69) is 19.9 Å². The Morgan fingerprint density at radius 2 is 2.17 bits per heavy atom. The molecule has 2 atom stereocenters. The van der Waals surface area contributed by atoms with Crippen LogP contribution in [0.1, 0.15) is 55.1 Å². The van der Waals surface area contributed by atoms with Crippen LogP contribution in [-0.4, -0.2) is 15.5 Å². The van der Waals surface area contributed by atoms with Gasteiger partial charge in [0.05, 0.1) is 11.1 Å². The van der Waals surface area contributed by atoms with E-state index in [1.807, 2.05) is 16.7 Å². The largest absolute Gasteiger partial charge is 0.494 e. The van der Waals surface area contributed by atoms with Crippen LogP contribution in [0.5, 0.6) is 5.88 Å². The Labute approximate surface area is 106 Å². The second kappa shape index (κ2) is 3.61. The maximum atomic E-state index is 11.7. The summed E-state index contributed by atoms with van der Waals surface area (Å²) in [6.07, 6.45) is 0.949. The predicted molar refractivity (Wildman–Crippen MR) is 71.4 cm³/mol. The Balaban J connectivity index is 2.46. The monoisotopic (exact) mass is 243 g/mol. The first-order chi connectivity index (χ1) is 8.57. The molecule has 0 aliphatic carbocycles. The number of carbonyl (C=O) groups excluding carboxylic acids is 1. The quantitative estimate of drug-likeness (QED) is 0.818. The highest BCUT2D eigenvalue weighted by molar-refractivity contribution is 6.10. The predicted octanol–water partition coefficient (Wildman–Crippen LogP) is 3.62. The molecule has 0 fully saturated rings. The molecule has 1 aromatic carbocycles. The van der Waals surface area contributed by atoms with Crippen molar-refractivity contribution in [2.45, 2.75) is 39.2 Å². The van der Waals surface area contributed by atoms with E-state index in [4.69, 9.17) is 0 Å². The first-order valence-corrected chi connectivity index (χ1v) is 6.44. The van der Waals surface area contributed by atoms with E-state index < -0.39 is 0 Å². The first-order valence-electron chi connectivity index (χ1n) is 6.44. The van der Waals surface area contributed by atoms with Crippen LogP contribution in [-0.2, 0) is 0 Å². The van der Waals surface area contributed by atoms with Crippen LogP contribution >= 0.6 is 0 Å². The molecule has 0 amide bonds. The fourth-order valence-corrected chi connectivity index (χ4v) is 3.38. The van der Waals surface area contributed by atoms with Crippen LogP contribution in [0.3, 0.4) is 0 Å². The van der Waals surface area contributed by atoms with E-state index in [0.29, 0.717) is 11.5 Å². The second-order valence-electron chi connectivity index (χ2n) is 5.13. The maximum Gasteiger partial charge on any atom is 0.203 e. The summed E-state index contributed by atoms with van der Waals surface area (Å²) in [5.74, 6) is 0.458. The highest BCUT2D eigenvalue weighted by atomic mass is 16.3. The lowest BCUT2D eigenvalue weighted by Crippen LogP contribution is -2.08. The van der Waals surface area contributed by atoms with Gasteiger partial charge in [-0.2, -0.15) is 0 Å². The van der Waals surface area contributed by atoms with Gasteiger partial charge in [0.15, 0.2) is 5.78 Å². The van der Waals surface area contributed by atoms with Crippen molar-refractivity contribution in [3.05, 3.63) is 29.3 Å². The molecule has 2 heterocycles. The third-order valence-electron chi connectivity index (χ3n) is 4.20. The first kappa shape index (κ1) is 11.3. The summed E-state index contributed by atoms with van der Waals surface area (Å²) < 4.78 is 1.95. The number of benzene rings is 1. The van der Waals surface area contributed by atoms with Crippen LogP contribution in [0.4, 0.5) is 0 Å². The number of aromatic hydroxyl groups is 1. The van der Waals surface area contributed by atoms with Crippen molar-refractivity contribution in [2.75, 3.05) is 0 Å². The van der Waals surface area contributed by atoms with Crippen LogP contribution < -0.4 is 0 Å². The number of rotatable bonds is 2. The number of aromatic nitrogens is 1. The van der Waals surface area contributed by atoms with Gasteiger partial charge < -0.3 is 9.67 Å². The molecule has 1 N–H and O–H groups in total. The molecular weight excluding hydrogens is 226 g/mol. The van der Waals surface area contributed by atoms with Crippen LogP contribution in [0.2, 0.25) is 0 Å². The molecule has 0 radical (unpaired) electrons. The Morgan fingerprint density at radius 1 is 1.44 bits per heavy atom. The number of nitrogens with zero attached hydrogens (tertiary/aromatic N) is 1. The minimum Gasteiger partial charge on any atom is -0.494 e. The fraction of sp³-hybridized carbons (Fsp3) is 0.400. The molecule has 1 aliphatic heterocycles. The van der Waals surface area contributed by atoms with Crippen molar-refractivity contribution in [1.29, 1.82) is 0 Å². The highest BCUT2D eigenvalue weighted by Gasteiger charge is 2.35. The Kier molecular flexibility index (Phi) is 2.27. The summed E-state index contributed by atoms with van der Waals surface area (Å²) in [5.41, 5.74) is 2.75. The van der Waals surface area contributed by atoms with E-state index in [1.165, 1.54) is 12.5 Å². The van der Waals surface area contributed by atoms with E-state index in [0.717, 1.165) is 17.3 Å². The fourth-order valence-electron chi connectivity index (χ4n) is 3.38. The zero-order chi connectivity index (χ0) is 13.0. The van der Waals surface area contributed by atoms with Crippen molar-refractivity contribution < 1.29 is 9.90 Å². The van der Waals surface area contributed by atoms with Gasteiger partial charge in [-0.15, -0.1) is 0 Å². The maximum absolute atomic E-state index is 11.7. The smallest absolute Gasteiger partial charge is 0.203 e. The molecule has 3 nitrogen and oxygen atoms in total. The molecule has 1 aromatic heterocycles. The van der Waals surface area contributed by atoms with Crippen molar-refractivity contribution >= 4 is 16.7 Å². The van der Waals surface area contributed by atoms with E-state index in [9.17, 15) is 9.90 Å². The molecule has 18 heavy (non-hydrogen) atoms. The van der Waals surface area contributed by atoms with E-state index in [1.54, 1.807) is 0 Å². The van der Waals surface area contributed by atoms with Crippen molar-refractivity contribution in [1.82, 2.24) is 4.57 Å². The van der Waals surface area contributed by atoms with Crippen molar-refractivity contribution in [3.63, 3.8) is 0 Å². The van der Waals surface area contributed by atoms with Gasteiger partial charge in [-0.1, -0.05) is 32.0 Å². The number of carbonyl (C=O) groups is 1. The van der Waals surface area contributed by atoms with Gasteiger partial charge >= 0.3 is 0 Å². The summed E-state index contributed by atoms with van der Waals surface area (Å²) in [4.78, 5) is 11.7. The molecule has 0 unspecified atom stereocenters. The Morgan fingerprint density at radius 3 is 2.78 bits per heavy atom. The Hall–Kier alpha value is -1.77. The lowest BCUT2D eigenvalue weighted by molar-refractivity contribution is 0.101. The van der Waals surface area contributed by atoms with E-state index in [-0.39, 0.29) is 17.7 Å². The summed E-state index contributed by atoms with van der Waals surface area (Å²) in [5, 5.41) is 11.3. The van der Waals surface area contributed by atoms with Gasteiger partial charge in [-0.05, 0) is 18.9 Å². The standard InChI is InChI=1S/C15H17NO2/c1-4-12-8(2)10-6-5-7-11-13(9(3)17)15(18)16(12)14(10)11/h5-8,12,18H,4H2,1-3H3/t8-,12-/m0/s1. The molecule has 0 saturated heterocycles. The van der Waals surface area contributed by atoms with Crippen LogP contribution in [0, 0.1) is 0 Å². The van der Waals surface area contributed by atoms with Crippen LogP contribution in [0.15, 0.2) is 18.2 Å². The molecule has 3 heteroatoms. The van der Waals surface area contributed by atoms with Gasteiger partial charge in [0, 0.05) is 17.3 Å². The van der Waals surface area contributed by atoms with Crippen molar-refractivity contribution in [3.8, 4) is 5.88 Å². The zero-order valence-electron chi connectivity index (χ0n) is 10.9. The molecule has 0 bridgehead atoms. The average Bonchev–Trinajstić information content (AvgIpc) is 2.78. The van der Waals surface area contributed by atoms with E-state index >= 15 is 0 Å². The average molecular weight is 243 g/mol. The summed E-state index contributed by atoms with van der Waals surface area (Å²) in [7, 11) is 0. The molecule has 1 aliphatic rings. The van der Waals surface area contributed by atoms with Gasteiger partial charge in [0.25, 0.3) is 0 Å². The summed E-state index contributed by atoms with van der Waals surface area (Å²) in [6.45, 7) is 5.81. The molecule has 0 saturated carbocycles. The molecule has 0 spiro atoms. The molecule has 3 rings (SSSR count). The normalized spacial score (nSPS) is 21.7. The topological polar surface area (TPSA) is 42.2 Å². The van der Waals surface area contributed by atoms with Crippen molar-refractivity contribution in [2.24, 2.45) is 0 Å². The zero-order valence-corrected chi connectivity index (χ0v) is 10.9. The van der Waals surface area contributed by atoms with Gasteiger partial charge in [0.1, 0.15) is 0 Å². The molecule has 94 valence electrons. The third-order valence-corrected chi connectivity index (χ3v) is 4.20. The number of ketones is 1. The third kappa shape index (κ3) is 1.17. The lowest BCUT2D eigenvalue weighted by atomic mass is 9.93. The van der Waals surface area contributed by atoms with Gasteiger partial charge in [-0.3, -0.25) is 4.79 Å². The van der Waals surface area contributed by atoms with Gasteiger partial charge in [0.2, 0.25) is 5.88 Å². The Bertz CT molecular complexity index is 654. The minimum atomic E-state index is -0.0715. The second-order valence-corrected chi connectivity index (χ2v) is 5.13. The number of Topliss-reactive ketones (excluding diaryl/α,β-unsaturated/α-hetero) is 1. The van der Waals surface area contributed by atoms with Gasteiger partial charge in [-0.25, -0.2) is 0 Å². The lowest BCUT2D eigenvalue weighted by Gasteiger charge is -2.18. The number of hydrogen-bond acceptors (Lipinski definition) is 2. The summed E-state index contributed by atoms with van der Waals surface area (Å²) >= 11 is 0. The SMILES string of the molecule is CC[C@H]1[C@@H](C)c2cccc3c(C(C)=O)c(O)n1c23. The highest BCUT2D eigenvalue weighted by Crippen LogP contribution is 2.49. The minimum absolute atomic E-state index is 0.0715. The summed E-state index contributed by atoms with van der Waals surface area (Å²) in [6, 6.07) is 6.25. The number of hydrogen-bond donors (Lipinski definition) is 1.